The Bertz CT molecular complexity index is 1670. The van der Waals surface area contributed by atoms with Crippen LogP contribution in [0, 0.1) is 0 Å². The van der Waals surface area contributed by atoms with Gasteiger partial charge in [0.05, 0.1) is 12.7 Å². The molecular weight excluding hydrogens is 677 g/mol. The number of ether oxygens (including phenoxy) is 1. The zero-order chi connectivity index (χ0) is 38.8. The highest BCUT2D eigenvalue weighted by Crippen LogP contribution is 2.40. The molecule has 0 saturated heterocycles. The Labute approximate surface area is 320 Å². The van der Waals surface area contributed by atoms with Gasteiger partial charge in [-0.15, -0.1) is 0 Å². The summed E-state index contributed by atoms with van der Waals surface area (Å²) in [5.41, 5.74) is 5.29. The largest absolute Gasteiger partial charge is 0.508 e. The number of hydrogen-bond acceptors (Lipinski definition) is 7. The molecule has 0 bridgehead atoms. The summed E-state index contributed by atoms with van der Waals surface area (Å²) >= 11 is 0. The zero-order valence-corrected chi connectivity index (χ0v) is 34.5. The summed E-state index contributed by atoms with van der Waals surface area (Å²) in [4.78, 5) is 2.51. The maximum absolute atomic E-state index is 11.1. The monoisotopic (exact) mass is 740 g/mol. The van der Waals surface area contributed by atoms with E-state index in [1.54, 1.807) is 12.1 Å². The summed E-state index contributed by atoms with van der Waals surface area (Å²) in [6.45, 7) is 22.8. The van der Waals surface area contributed by atoms with Crippen LogP contribution in [-0.4, -0.2) is 66.9 Å². The highest BCUT2D eigenvalue weighted by Gasteiger charge is 2.39. The van der Waals surface area contributed by atoms with E-state index in [1.807, 2.05) is 30.3 Å². The van der Waals surface area contributed by atoms with Crippen molar-refractivity contribution in [2.75, 3.05) is 26.2 Å². The van der Waals surface area contributed by atoms with Crippen LogP contribution in [0.15, 0.2) is 91.0 Å². The number of aromatic hydroxyl groups is 3. The van der Waals surface area contributed by atoms with Gasteiger partial charge < -0.3 is 29.8 Å². The Morgan fingerprint density at radius 2 is 1.36 bits per heavy atom. The SMILES string of the molecule is CC(C)N(CC[C@H](c1ccccc1)c1cc(CCOc2ccc(CCNC[C@H](O[Si](C)(C)C(C)(C)C)c3cc(O)cc(O)c3)cc2)ccc1O)C(C)C. The van der Waals surface area contributed by atoms with Gasteiger partial charge in [0, 0.05) is 42.6 Å². The molecule has 0 aliphatic carbocycles. The third-order valence-electron chi connectivity index (χ3n) is 10.7. The van der Waals surface area contributed by atoms with Crippen LogP contribution in [0.5, 0.6) is 23.0 Å². The second-order valence-corrected chi connectivity index (χ2v) is 21.2. The number of phenolic OH excluding ortho intramolecular Hbond substituents is 3. The third-order valence-corrected chi connectivity index (χ3v) is 15.2. The van der Waals surface area contributed by atoms with Crippen LogP contribution in [0.25, 0.3) is 0 Å². The van der Waals surface area contributed by atoms with Crippen LogP contribution in [0.1, 0.15) is 94.7 Å². The molecule has 0 aliphatic heterocycles. The minimum absolute atomic E-state index is 0.0232. The molecule has 0 aromatic heterocycles. The van der Waals surface area contributed by atoms with Crippen molar-refractivity contribution >= 4 is 8.32 Å². The molecule has 4 aromatic rings. The number of hydrogen-bond donors (Lipinski definition) is 4. The average molecular weight is 741 g/mol. The first-order valence-electron chi connectivity index (χ1n) is 19.3. The van der Waals surface area contributed by atoms with Gasteiger partial charge in [-0.05, 0) is 124 Å². The summed E-state index contributed by atoms with van der Waals surface area (Å²) in [5.74, 6) is 1.32. The number of nitrogens with zero attached hydrogens (tertiary/aromatic N) is 1. The van der Waals surface area contributed by atoms with Gasteiger partial charge in [0.1, 0.15) is 23.0 Å². The zero-order valence-electron chi connectivity index (χ0n) is 33.5. The first kappa shape index (κ1) is 41.9. The fourth-order valence-corrected chi connectivity index (χ4v) is 7.97. The molecule has 53 heavy (non-hydrogen) atoms. The molecule has 288 valence electrons. The molecular formula is C45H64N2O5Si. The molecule has 0 fully saturated rings. The minimum atomic E-state index is -2.12. The lowest BCUT2D eigenvalue weighted by molar-refractivity contribution is 0.170. The number of phenols is 3. The smallest absolute Gasteiger partial charge is 0.192 e. The molecule has 0 spiro atoms. The molecule has 4 N–H and O–H groups in total. The minimum Gasteiger partial charge on any atom is -0.508 e. The van der Waals surface area contributed by atoms with Gasteiger partial charge in [0.25, 0.3) is 0 Å². The maximum Gasteiger partial charge on any atom is 0.192 e. The van der Waals surface area contributed by atoms with Crippen molar-refractivity contribution in [3.05, 3.63) is 119 Å². The third kappa shape index (κ3) is 12.4. The summed E-state index contributed by atoms with van der Waals surface area (Å²) in [6.07, 6.45) is 2.20. The molecule has 7 nitrogen and oxygen atoms in total. The second kappa shape index (κ2) is 19.0. The van der Waals surface area contributed by atoms with Gasteiger partial charge in [-0.1, -0.05) is 75.4 Å². The van der Waals surface area contributed by atoms with E-state index in [-0.39, 0.29) is 28.6 Å². The van der Waals surface area contributed by atoms with Crippen LogP contribution in [0.2, 0.25) is 18.1 Å². The van der Waals surface area contributed by atoms with Gasteiger partial charge in [-0.3, -0.25) is 4.90 Å². The van der Waals surface area contributed by atoms with E-state index in [1.165, 1.54) is 17.2 Å². The van der Waals surface area contributed by atoms with Gasteiger partial charge in [-0.25, -0.2) is 0 Å². The molecule has 0 aliphatic rings. The Morgan fingerprint density at radius 3 is 1.96 bits per heavy atom. The lowest BCUT2D eigenvalue weighted by atomic mass is 9.86. The Hall–Kier alpha value is -3.82. The Morgan fingerprint density at radius 1 is 0.736 bits per heavy atom. The van der Waals surface area contributed by atoms with E-state index in [9.17, 15) is 15.3 Å². The highest BCUT2D eigenvalue weighted by molar-refractivity contribution is 6.74. The van der Waals surface area contributed by atoms with Crippen molar-refractivity contribution < 1.29 is 24.5 Å². The number of nitrogens with one attached hydrogen (secondary N) is 1. The predicted molar refractivity (Wildman–Crippen MR) is 221 cm³/mol. The molecule has 0 radical (unpaired) electrons. The van der Waals surface area contributed by atoms with Crippen molar-refractivity contribution in [2.45, 2.75) is 110 Å². The van der Waals surface area contributed by atoms with Crippen molar-refractivity contribution in [1.29, 1.82) is 0 Å². The Kier molecular flexibility index (Phi) is 15.0. The second-order valence-electron chi connectivity index (χ2n) is 16.4. The van der Waals surface area contributed by atoms with Crippen LogP contribution in [0.3, 0.4) is 0 Å². The van der Waals surface area contributed by atoms with E-state index in [4.69, 9.17) is 9.16 Å². The predicted octanol–water partition coefficient (Wildman–Crippen LogP) is 9.96. The standard InChI is InChI=1S/C45H64N2O5Si/c1-32(2)47(33(3)4)25-22-41(36-13-11-10-12-14-36)42-27-35(17-20-43(42)50)23-26-51-40-18-15-34(16-19-40)21-24-46-31-44(52-53(8,9)45(5,6)7)37-28-38(48)30-39(49)29-37/h10-20,27-30,32-33,41,44,46,48-50H,21-26,31H2,1-9H3/t41-,44+/m1/s1. The van der Waals surface area contributed by atoms with Gasteiger partial charge in [-0.2, -0.15) is 0 Å². The van der Waals surface area contributed by atoms with Crippen LogP contribution < -0.4 is 10.1 Å². The maximum atomic E-state index is 11.1. The van der Waals surface area contributed by atoms with E-state index in [0.29, 0.717) is 31.0 Å². The molecule has 0 unspecified atom stereocenters. The molecule has 4 rings (SSSR count). The molecule has 4 aromatic carbocycles. The number of benzene rings is 4. The van der Waals surface area contributed by atoms with E-state index in [2.05, 4.69) is 114 Å². The first-order valence-corrected chi connectivity index (χ1v) is 22.2. The average Bonchev–Trinajstić information content (AvgIpc) is 3.08. The summed E-state index contributed by atoms with van der Waals surface area (Å²) < 4.78 is 12.9. The van der Waals surface area contributed by atoms with Crippen molar-refractivity contribution in [3.8, 4) is 23.0 Å². The van der Waals surface area contributed by atoms with E-state index >= 15 is 0 Å². The molecule has 0 saturated carbocycles. The van der Waals surface area contributed by atoms with Crippen LogP contribution >= 0.6 is 0 Å². The highest BCUT2D eigenvalue weighted by atomic mass is 28.4. The van der Waals surface area contributed by atoms with E-state index in [0.717, 1.165) is 54.8 Å². The molecule has 8 heteroatoms. The van der Waals surface area contributed by atoms with Gasteiger partial charge in [0.2, 0.25) is 0 Å². The first-order chi connectivity index (χ1) is 25.0. The number of rotatable bonds is 19. The van der Waals surface area contributed by atoms with Crippen LogP contribution in [0.4, 0.5) is 0 Å². The molecule has 0 heterocycles. The van der Waals surface area contributed by atoms with Crippen molar-refractivity contribution in [2.24, 2.45) is 0 Å². The fourth-order valence-electron chi connectivity index (χ4n) is 6.69. The van der Waals surface area contributed by atoms with Crippen LogP contribution in [-0.2, 0) is 17.3 Å². The lowest BCUT2D eigenvalue weighted by Crippen LogP contribution is -2.43. The Balaban J connectivity index is 1.32. The fraction of sp³-hybridized carbons (Fsp3) is 0.467. The summed E-state index contributed by atoms with van der Waals surface area (Å²) in [6, 6.07) is 30.4. The summed E-state index contributed by atoms with van der Waals surface area (Å²) in [7, 11) is -2.12. The lowest BCUT2D eigenvalue weighted by Gasteiger charge is -2.39. The topological polar surface area (TPSA) is 94.4 Å². The molecule has 0 amide bonds. The molecule has 2 atom stereocenters. The van der Waals surface area contributed by atoms with Crippen molar-refractivity contribution in [1.82, 2.24) is 10.2 Å². The van der Waals surface area contributed by atoms with Crippen molar-refractivity contribution in [3.63, 3.8) is 0 Å². The normalized spacial score (nSPS) is 13.5. The van der Waals surface area contributed by atoms with Gasteiger partial charge in [0.15, 0.2) is 8.32 Å². The quantitative estimate of drug-likeness (QED) is 0.0562. The van der Waals surface area contributed by atoms with Gasteiger partial charge >= 0.3 is 0 Å². The summed E-state index contributed by atoms with van der Waals surface area (Å²) in [5, 5.41) is 34.9. The van der Waals surface area contributed by atoms with E-state index < -0.39 is 8.32 Å².